The third-order valence-electron chi connectivity index (χ3n) is 4.06. The number of aromatic nitrogens is 2. The molecule has 3 aromatic rings. The van der Waals surface area contributed by atoms with Crippen LogP contribution in [0, 0.1) is 11.8 Å². The molecule has 0 unspecified atom stereocenters. The van der Waals surface area contributed by atoms with Crippen LogP contribution < -0.4 is 5.32 Å². The second-order valence-electron chi connectivity index (χ2n) is 5.80. The van der Waals surface area contributed by atoms with Crippen LogP contribution in [0.4, 0.5) is 4.79 Å². The van der Waals surface area contributed by atoms with Crippen LogP contribution in [0.1, 0.15) is 34.7 Å². The number of cyclic esters (lactones) is 1. The van der Waals surface area contributed by atoms with Crippen LogP contribution in [-0.2, 0) is 4.74 Å². The number of hydrogen-bond acceptors (Lipinski definition) is 4. The first-order valence-electron chi connectivity index (χ1n) is 8.21. The highest BCUT2D eigenvalue weighted by Gasteiger charge is 2.36. The monoisotopic (exact) mass is 341 g/mol. The molecule has 0 spiro atoms. The maximum Gasteiger partial charge on any atom is 0.408 e. The van der Waals surface area contributed by atoms with Crippen molar-refractivity contribution in [3.8, 4) is 11.8 Å². The number of nitrogens with zero attached hydrogens (tertiary/aromatic N) is 2. The Morgan fingerprint density at radius 2 is 1.62 bits per heavy atom. The minimum absolute atomic E-state index is 0.289. The van der Waals surface area contributed by atoms with E-state index in [9.17, 15) is 4.79 Å². The maximum atomic E-state index is 11.8. The van der Waals surface area contributed by atoms with E-state index in [4.69, 9.17) is 4.74 Å². The number of pyridine rings is 2. The lowest BCUT2D eigenvalue weighted by atomic mass is 9.97. The quantitative estimate of drug-likeness (QED) is 0.726. The van der Waals surface area contributed by atoms with Gasteiger partial charge in [-0.25, -0.2) is 14.8 Å². The summed E-state index contributed by atoms with van der Waals surface area (Å²) in [6.45, 7) is 0. The highest BCUT2D eigenvalue weighted by Crippen LogP contribution is 2.36. The molecule has 0 radical (unpaired) electrons. The molecular formula is C21H15N3O2. The molecule has 1 amide bonds. The lowest BCUT2D eigenvalue weighted by molar-refractivity contribution is 0.132. The second-order valence-corrected chi connectivity index (χ2v) is 5.80. The molecule has 2 atom stereocenters. The summed E-state index contributed by atoms with van der Waals surface area (Å²) in [6.07, 6.45) is 2.57. The van der Waals surface area contributed by atoms with Gasteiger partial charge in [0.05, 0.1) is 6.04 Å². The number of carbonyl (C=O) groups excluding carboxylic acids is 1. The molecule has 1 aliphatic heterocycles. The van der Waals surface area contributed by atoms with Gasteiger partial charge in [-0.1, -0.05) is 36.4 Å². The summed E-state index contributed by atoms with van der Waals surface area (Å²) in [5.41, 5.74) is 3.12. The van der Waals surface area contributed by atoms with Gasteiger partial charge in [-0.3, -0.25) is 0 Å². The number of amides is 1. The summed E-state index contributed by atoms with van der Waals surface area (Å²) in [6, 6.07) is 18.7. The smallest absolute Gasteiger partial charge is 0.408 e. The number of rotatable bonds is 2. The van der Waals surface area contributed by atoms with E-state index in [0.717, 1.165) is 11.1 Å². The Balaban J connectivity index is 1.63. The number of hydrogen-bond donors (Lipinski definition) is 1. The van der Waals surface area contributed by atoms with Gasteiger partial charge in [0.2, 0.25) is 0 Å². The minimum Gasteiger partial charge on any atom is -0.439 e. The standard InChI is InChI=1S/C21H15N3O2/c25-21-24-19(20(26-21)15-6-2-1-3-7-15)16-11-13-23-18(14-16)10-9-17-8-4-5-12-22-17/h1-8,11-14,19-20H,(H,24,25)/t19-,20-/m1/s1. The van der Waals surface area contributed by atoms with Crippen molar-refractivity contribution >= 4 is 6.09 Å². The van der Waals surface area contributed by atoms with Crippen LogP contribution in [0.25, 0.3) is 0 Å². The van der Waals surface area contributed by atoms with Crippen molar-refractivity contribution < 1.29 is 9.53 Å². The van der Waals surface area contributed by atoms with E-state index in [-0.39, 0.29) is 12.1 Å². The zero-order valence-corrected chi connectivity index (χ0v) is 13.8. The van der Waals surface area contributed by atoms with E-state index in [2.05, 4.69) is 27.1 Å². The summed E-state index contributed by atoms with van der Waals surface area (Å²) >= 11 is 0. The predicted molar refractivity (Wildman–Crippen MR) is 96.0 cm³/mol. The first kappa shape index (κ1) is 15.9. The van der Waals surface area contributed by atoms with Crippen molar-refractivity contribution in [1.82, 2.24) is 15.3 Å². The first-order valence-corrected chi connectivity index (χ1v) is 8.21. The Bertz CT molecular complexity index is 978. The molecule has 3 heterocycles. The average molecular weight is 341 g/mol. The third kappa shape index (κ3) is 3.40. The maximum absolute atomic E-state index is 11.8. The molecule has 1 aliphatic rings. The Labute approximate surface area is 151 Å². The molecule has 0 bridgehead atoms. The van der Waals surface area contributed by atoms with Crippen LogP contribution in [-0.4, -0.2) is 16.1 Å². The van der Waals surface area contributed by atoms with Crippen LogP contribution in [0.5, 0.6) is 0 Å². The second kappa shape index (κ2) is 7.08. The first-order chi connectivity index (χ1) is 12.8. The van der Waals surface area contributed by atoms with Crippen molar-refractivity contribution in [2.45, 2.75) is 12.1 Å². The predicted octanol–water partition coefficient (Wildman–Crippen LogP) is 3.40. The van der Waals surface area contributed by atoms with Crippen molar-refractivity contribution in [1.29, 1.82) is 0 Å². The molecule has 5 nitrogen and oxygen atoms in total. The fraction of sp³-hybridized carbons (Fsp3) is 0.0952. The van der Waals surface area contributed by atoms with E-state index < -0.39 is 6.09 Å². The van der Waals surface area contributed by atoms with Gasteiger partial charge < -0.3 is 10.1 Å². The highest BCUT2D eigenvalue weighted by atomic mass is 16.6. The summed E-state index contributed by atoms with van der Waals surface area (Å²) in [4.78, 5) is 20.3. The van der Waals surface area contributed by atoms with Gasteiger partial charge in [0.1, 0.15) is 11.4 Å². The molecule has 26 heavy (non-hydrogen) atoms. The molecular weight excluding hydrogens is 326 g/mol. The molecule has 5 heteroatoms. The van der Waals surface area contributed by atoms with Crippen LogP contribution in [0.2, 0.25) is 0 Å². The molecule has 1 N–H and O–H groups in total. The largest absolute Gasteiger partial charge is 0.439 e. The van der Waals surface area contributed by atoms with Crippen molar-refractivity contribution in [3.05, 3.63) is 95.6 Å². The lowest BCUT2D eigenvalue weighted by Gasteiger charge is -2.17. The topological polar surface area (TPSA) is 64.1 Å². The van der Waals surface area contributed by atoms with E-state index in [0.29, 0.717) is 11.4 Å². The summed E-state index contributed by atoms with van der Waals surface area (Å²) in [5.74, 6) is 6.00. The molecule has 1 saturated heterocycles. The number of alkyl carbamates (subject to hydrolysis) is 1. The zero-order valence-electron chi connectivity index (χ0n) is 13.8. The average Bonchev–Trinajstić information content (AvgIpc) is 3.10. The van der Waals surface area contributed by atoms with Crippen molar-refractivity contribution in [2.24, 2.45) is 0 Å². The molecule has 0 aliphatic carbocycles. The van der Waals surface area contributed by atoms with Crippen LogP contribution in [0.3, 0.4) is 0 Å². The van der Waals surface area contributed by atoms with Gasteiger partial charge in [0.25, 0.3) is 0 Å². The molecule has 1 fully saturated rings. The number of benzene rings is 1. The lowest BCUT2D eigenvalue weighted by Crippen LogP contribution is -2.19. The number of ether oxygens (including phenoxy) is 1. The Morgan fingerprint density at radius 1 is 0.846 bits per heavy atom. The van der Waals surface area contributed by atoms with E-state index >= 15 is 0 Å². The Kier molecular flexibility index (Phi) is 4.31. The van der Waals surface area contributed by atoms with Crippen molar-refractivity contribution in [2.75, 3.05) is 0 Å². The van der Waals surface area contributed by atoms with E-state index in [1.54, 1.807) is 12.4 Å². The molecule has 4 rings (SSSR count). The SMILES string of the molecule is O=C1N[C@H](c2ccnc(C#Cc3ccccn3)c2)[C@@H](c2ccccc2)O1. The molecule has 0 saturated carbocycles. The molecule has 126 valence electrons. The third-order valence-corrected chi connectivity index (χ3v) is 4.06. The summed E-state index contributed by atoms with van der Waals surface area (Å²) < 4.78 is 5.47. The fourth-order valence-corrected chi connectivity index (χ4v) is 2.85. The summed E-state index contributed by atoms with van der Waals surface area (Å²) in [7, 11) is 0. The normalized spacial score (nSPS) is 18.4. The highest BCUT2D eigenvalue weighted by molar-refractivity contribution is 5.71. The van der Waals surface area contributed by atoms with Gasteiger partial charge >= 0.3 is 6.09 Å². The van der Waals surface area contributed by atoms with Crippen LogP contribution >= 0.6 is 0 Å². The van der Waals surface area contributed by atoms with Gasteiger partial charge in [-0.05, 0) is 47.2 Å². The summed E-state index contributed by atoms with van der Waals surface area (Å²) in [5, 5.41) is 2.87. The molecule has 2 aromatic heterocycles. The minimum atomic E-state index is -0.429. The zero-order chi connectivity index (χ0) is 17.8. The number of nitrogens with one attached hydrogen (secondary N) is 1. The Morgan fingerprint density at radius 3 is 2.42 bits per heavy atom. The van der Waals surface area contributed by atoms with E-state index in [1.807, 2.05) is 60.7 Å². The number of carbonyl (C=O) groups is 1. The van der Waals surface area contributed by atoms with Gasteiger partial charge in [0.15, 0.2) is 6.10 Å². The van der Waals surface area contributed by atoms with Gasteiger partial charge in [0, 0.05) is 12.4 Å². The van der Waals surface area contributed by atoms with Crippen LogP contribution in [0.15, 0.2) is 73.1 Å². The fourth-order valence-electron chi connectivity index (χ4n) is 2.85. The Hall–Kier alpha value is -3.65. The van der Waals surface area contributed by atoms with Gasteiger partial charge in [-0.2, -0.15) is 0 Å². The van der Waals surface area contributed by atoms with E-state index in [1.165, 1.54) is 0 Å². The van der Waals surface area contributed by atoms with Crippen molar-refractivity contribution in [3.63, 3.8) is 0 Å². The molecule has 1 aromatic carbocycles. The van der Waals surface area contributed by atoms with Gasteiger partial charge in [-0.15, -0.1) is 0 Å².